The van der Waals surface area contributed by atoms with Crippen LogP contribution in [0.15, 0.2) is 36.8 Å². The zero-order chi connectivity index (χ0) is 13.8. The molecule has 0 fully saturated rings. The average Bonchev–Trinajstić information content (AvgIpc) is 2.99. The van der Waals surface area contributed by atoms with Gasteiger partial charge in [0.15, 0.2) is 0 Å². The molecule has 6 heteroatoms. The molecule has 0 saturated carbocycles. The lowest BCUT2D eigenvalue weighted by atomic mass is 10.1. The third-order valence-electron chi connectivity index (χ3n) is 3.12. The van der Waals surface area contributed by atoms with Crippen molar-refractivity contribution in [3.63, 3.8) is 0 Å². The number of H-pyrrole nitrogens is 1. The second kappa shape index (κ2) is 5.98. The van der Waals surface area contributed by atoms with Crippen LogP contribution in [0.1, 0.15) is 11.4 Å². The molecule has 2 aromatic heterocycles. The topological polar surface area (TPSA) is 66.5 Å². The van der Waals surface area contributed by atoms with Crippen LogP contribution in [0, 0.1) is 0 Å². The highest BCUT2D eigenvalue weighted by Gasteiger charge is 2.05. The molecule has 0 aliphatic heterocycles. The van der Waals surface area contributed by atoms with Gasteiger partial charge in [-0.25, -0.2) is 4.98 Å². The molecule has 2 heterocycles. The molecule has 3 aromatic rings. The van der Waals surface area contributed by atoms with Crippen LogP contribution in [-0.2, 0) is 13.0 Å². The number of pyridine rings is 1. The predicted molar refractivity (Wildman–Crippen MR) is 78.5 cm³/mol. The third kappa shape index (κ3) is 2.79. The molecule has 20 heavy (non-hydrogen) atoms. The summed E-state index contributed by atoms with van der Waals surface area (Å²) in [4.78, 5) is 8.50. The van der Waals surface area contributed by atoms with E-state index in [4.69, 9.17) is 11.6 Å². The Hall–Kier alpha value is -1.98. The normalized spacial score (nSPS) is 11.1. The van der Waals surface area contributed by atoms with Crippen molar-refractivity contribution >= 4 is 22.5 Å². The van der Waals surface area contributed by atoms with E-state index in [1.165, 1.54) is 6.33 Å². The van der Waals surface area contributed by atoms with Crippen LogP contribution in [0.4, 0.5) is 0 Å². The van der Waals surface area contributed by atoms with Crippen molar-refractivity contribution in [3.05, 3.63) is 53.2 Å². The molecule has 0 radical (unpaired) electrons. The molecule has 5 nitrogen and oxygen atoms in total. The van der Waals surface area contributed by atoms with Crippen LogP contribution in [0.25, 0.3) is 10.9 Å². The lowest BCUT2D eigenvalue weighted by Gasteiger charge is -2.08. The Balaban J connectivity index is 1.67. The maximum Gasteiger partial charge on any atom is 0.137 e. The van der Waals surface area contributed by atoms with Gasteiger partial charge in [-0.3, -0.25) is 10.1 Å². The van der Waals surface area contributed by atoms with Crippen molar-refractivity contribution in [2.24, 2.45) is 0 Å². The Labute approximate surface area is 121 Å². The van der Waals surface area contributed by atoms with Crippen LogP contribution >= 0.6 is 11.6 Å². The molecule has 0 bridgehead atoms. The van der Waals surface area contributed by atoms with Gasteiger partial charge in [0, 0.05) is 36.1 Å². The number of benzene rings is 1. The maximum absolute atomic E-state index is 6.18. The second-order valence-electron chi connectivity index (χ2n) is 4.47. The van der Waals surface area contributed by atoms with Gasteiger partial charge >= 0.3 is 0 Å². The van der Waals surface area contributed by atoms with Gasteiger partial charge in [-0.05, 0) is 23.8 Å². The van der Waals surface area contributed by atoms with E-state index < -0.39 is 0 Å². The summed E-state index contributed by atoms with van der Waals surface area (Å²) < 4.78 is 0. The van der Waals surface area contributed by atoms with Crippen LogP contribution in [-0.4, -0.2) is 26.7 Å². The van der Waals surface area contributed by atoms with Gasteiger partial charge in [0.2, 0.25) is 0 Å². The summed E-state index contributed by atoms with van der Waals surface area (Å²) in [5.74, 6) is 0.886. The smallest absolute Gasteiger partial charge is 0.137 e. The first kappa shape index (κ1) is 13.0. The Morgan fingerprint density at radius 1 is 1.20 bits per heavy atom. The van der Waals surface area contributed by atoms with E-state index in [1.807, 2.05) is 24.3 Å². The van der Waals surface area contributed by atoms with Crippen molar-refractivity contribution in [2.45, 2.75) is 13.0 Å². The van der Waals surface area contributed by atoms with Gasteiger partial charge in [0.05, 0.1) is 5.52 Å². The van der Waals surface area contributed by atoms with E-state index in [0.29, 0.717) is 0 Å². The number of halogens is 1. The van der Waals surface area contributed by atoms with Crippen LogP contribution in [0.5, 0.6) is 0 Å². The van der Waals surface area contributed by atoms with Gasteiger partial charge in [-0.2, -0.15) is 5.10 Å². The van der Waals surface area contributed by atoms with Crippen molar-refractivity contribution in [1.82, 2.24) is 25.5 Å². The first-order chi connectivity index (χ1) is 9.84. The molecular weight excluding hydrogens is 274 g/mol. The van der Waals surface area contributed by atoms with Crippen LogP contribution in [0.3, 0.4) is 0 Å². The molecule has 102 valence electrons. The Kier molecular flexibility index (Phi) is 3.90. The van der Waals surface area contributed by atoms with E-state index >= 15 is 0 Å². The van der Waals surface area contributed by atoms with Gasteiger partial charge < -0.3 is 5.32 Å². The number of aromatic nitrogens is 4. The quantitative estimate of drug-likeness (QED) is 0.707. The number of aromatic amines is 1. The maximum atomic E-state index is 6.18. The highest BCUT2D eigenvalue weighted by molar-refractivity contribution is 6.35. The number of fused-ring (bicyclic) bond motifs is 1. The third-order valence-corrected chi connectivity index (χ3v) is 3.45. The van der Waals surface area contributed by atoms with E-state index in [0.717, 1.165) is 46.8 Å². The van der Waals surface area contributed by atoms with Gasteiger partial charge in [0.25, 0.3) is 0 Å². The largest absolute Gasteiger partial charge is 0.312 e. The van der Waals surface area contributed by atoms with E-state index in [-0.39, 0.29) is 0 Å². The Morgan fingerprint density at radius 3 is 3.00 bits per heavy atom. The number of nitrogens with one attached hydrogen (secondary N) is 2. The van der Waals surface area contributed by atoms with E-state index in [1.54, 1.807) is 6.20 Å². The van der Waals surface area contributed by atoms with E-state index in [9.17, 15) is 0 Å². The monoisotopic (exact) mass is 287 g/mol. The second-order valence-corrected chi connectivity index (χ2v) is 4.87. The molecule has 2 N–H and O–H groups in total. The summed E-state index contributed by atoms with van der Waals surface area (Å²) in [6, 6.07) is 7.82. The lowest BCUT2D eigenvalue weighted by molar-refractivity contribution is 0.673. The minimum absolute atomic E-state index is 0.735. The molecule has 1 aromatic carbocycles. The Morgan fingerprint density at radius 2 is 2.15 bits per heavy atom. The SMILES string of the molecule is Clc1ccc(CNCCc2ncn[nH]2)c2ncccc12. The predicted octanol–water partition coefficient (Wildman–Crippen LogP) is 2.34. The summed E-state index contributed by atoms with van der Waals surface area (Å²) in [7, 11) is 0. The van der Waals surface area contributed by atoms with Crippen molar-refractivity contribution < 1.29 is 0 Å². The van der Waals surface area contributed by atoms with Crippen molar-refractivity contribution in [1.29, 1.82) is 0 Å². The number of rotatable bonds is 5. The summed E-state index contributed by atoms with van der Waals surface area (Å²) in [5.41, 5.74) is 2.09. The summed E-state index contributed by atoms with van der Waals surface area (Å²) in [5, 5.41) is 11.8. The fourth-order valence-electron chi connectivity index (χ4n) is 2.12. The fourth-order valence-corrected chi connectivity index (χ4v) is 2.34. The molecule has 3 rings (SSSR count). The number of hydrogen-bond donors (Lipinski definition) is 2. The van der Waals surface area contributed by atoms with Gasteiger partial charge in [-0.1, -0.05) is 17.7 Å². The molecular formula is C14H14ClN5. The van der Waals surface area contributed by atoms with Gasteiger partial charge in [-0.15, -0.1) is 0 Å². The molecule has 0 atom stereocenters. The van der Waals surface area contributed by atoms with Gasteiger partial charge in [0.1, 0.15) is 12.2 Å². The molecule has 0 spiro atoms. The molecule has 0 aliphatic rings. The molecule has 0 unspecified atom stereocenters. The highest BCUT2D eigenvalue weighted by atomic mass is 35.5. The van der Waals surface area contributed by atoms with Crippen LogP contribution in [0.2, 0.25) is 5.02 Å². The number of nitrogens with zero attached hydrogens (tertiary/aromatic N) is 3. The van der Waals surface area contributed by atoms with E-state index in [2.05, 4.69) is 25.5 Å². The first-order valence-electron chi connectivity index (χ1n) is 6.41. The minimum Gasteiger partial charge on any atom is -0.312 e. The highest BCUT2D eigenvalue weighted by Crippen LogP contribution is 2.24. The zero-order valence-corrected chi connectivity index (χ0v) is 11.6. The molecule has 0 saturated heterocycles. The number of hydrogen-bond acceptors (Lipinski definition) is 4. The van der Waals surface area contributed by atoms with Crippen molar-refractivity contribution in [3.8, 4) is 0 Å². The van der Waals surface area contributed by atoms with Crippen LogP contribution < -0.4 is 5.32 Å². The molecule has 0 amide bonds. The zero-order valence-electron chi connectivity index (χ0n) is 10.8. The fraction of sp³-hybridized carbons (Fsp3) is 0.214. The average molecular weight is 288 g/mol. The first-order valence-corrected chi connectivity index (χ1v) is 6.79. The standard InChI is InChI=1S/C14H14ClN5/c15-12-4-3-10(14-11(12)2-1-6-17-14)8-16-7-5-13-18-9-19-20-13/h1-4,6,9,16H,5,7-8H2,(H,18,19,20). The lowest BCUT2D eigenvalue weighted by Crippen LogP contribution is -2.17. The van der Waals surface area contributed by atoms with Crippen molar-refractivity contribution in [2.75, 3.05) is 6.54 Å². The summed E-state index contributed by atoms with van der Waals surface area (Å²) in [6.45, 7) is 1.57. The Bertz CT molecular complexity index is 696. The summed E-state index contributed by atoms with van der Waals surface area (Å²) >= 11 is 6.18. The molecule has 0 aliphatic carbocycles. The minimum atomic E-state index is 0.735. The summed E-state index contributed by atoms with van der Waals surface area (Å²) in [6.07, 6.45) is 4.13.